The van der Waals surface area contributed by atoms with Crippen LogP contribution in [0, 0.1) is 0 Å². The van der Waals surface area contributed by atoms with Gasteiger partial charge in [-0.05, 0) is 54.6 Å². The highest BCUT2D eigenvalue weighted by molar-refractivity contribution is 5.85. The second-order valence-corrected chi connectivity index (χ2v) is 10.0. The molecule has 12 nitrogen and oxygen atoms in total. The Labute approximate surface area is 247 Å². The molecule has 0 spiro atoms. The summed E-state index contributed by atoms with van der Waals surface area (Å²) in [7, 11) is 0. The van der Waals surface area contributed by atoms with Gasteiger partial charge in [0.2, 0.25) is 0 Å². The largest absolute Gasteiger partial charge is 0.457 e. The Balaban J connectivity index is 1.17. The molecule has 0 radical (unpaired) electrons. The fourth-order valence-electron chi connectivity index (χ4n) is 4.71. The van der Waals surface area contributed by atoms with Crippen molar-refractivity contribution in [3.8, 4) is 22.8 Å². The molecule has 0 unspecified atom stereocenters. The number of hydrogen-bond donors (Lipinski definition) is 0. The number of nitrogens with zero attached hydrogens (tertiary/aromatic N) is 5. The van der Waals surface area contributed by atoms with Crippen molar-refractivity contribution in [1.82, 2.24) is 24.6 Å². The first-order valence-electron chi connectivity index (χ1n) is 13.8. The highest BCUT2D eigenvalue weighted by atomic mass is 16.5. The molecule has 1 fully saturated rings. The highest BCUT2D eigenvalue weighted by Gasteiger charge is 2.22. The van der Waals surface area contributed by atoms with Gasteiger partial charge in [-0.25, -0.2) is 0 Å². The van der Waals surface area contributed by atoms with E-state index in [4.69, 9.17) is 19.2 Å². The van der Waals surface area contributed by atoms with Crippen molar-refractivity contribution in [2.45, 2.75) is 20.4 Å². The molecule has 0 N–H and O–H groups in total. The van der Waals surface area contributed by atoms with Crippen molar-refractivity contribution in [1.29, 1.82) is 0 Å². The predicted octanol–water partition coefficient (Wildman–Crippen LogP) is 3.30. The van der Waals surface area contributed by atoms with Gasteiger partial charge in [0.1, 0.15) is 11.5 Å². The molecule has 5 rings (SSSR count). The number of aromatic nitrogens is 3. The van der Waals surface area contributed by atoms with Crippen LogP contribution in [-0.4, -0.2) is 87.7 Å². The van der Waals surface area contributed by atoms with Gasteiger partial charge in [-0.2, -0.15) is 9.78 Å². The third-order valence-corrected chi connectivity index (χ3v) is 6.89. The molecule has 0 bridgehead atoms. The topological polar surface area (TPSA) is 133 Å². The van der Waals surface area contributed by atoms with Crippen LogP contribution in [-0.2, 0) is 30.4 Å². The van der Waals surface area contributed by atoms with Gasteiger partial charge in [0.05, 0.1) is 23.1 Å². The first-order chi connectivity index (χ1) is 20.7. The molecule has 0 atom stereocenters. The fourth-order valence-corrected chi connectivity index (χ4v) is 4.71. The number of pyridine rings is 1. The zero-order valence-electron chi connectivity index (χ0n) is 23.9. The van der Waals surface area contributed by atoms with E-state index in [1.165, 1.54) is 24.7 Å². The summed E-state index contributed by atoms with van der Waals surface area (Å²) in [6.45, 7) is 5.18. The predicted molar refractivity (Wildman–Crippen MR) is 155 cm³/mol. The van der Waals surface area contributed by atoms with E-state index in [0.717, 1.165) is 22.2 Å². The fraction of sp³-hybridized carbons (Fsp3) is 0.290. The van der Waals surface area contributed by atoms with Crippen molar-refractivity contribution < 1.29 is 33.4 Å². The van der Waals surface area contributed by atoms with Crippen LogP contribution >= 0.6 is 0 Å². The maximum atomic E-state index is 12.4. The van der Waals surface area contributed by atoms with Crippen molar-refractivity contribution >= 4 is 34.7 Å². The molecule has 1 saturated heterocycles. The molecule has 1 amide bonds. The number of hydrogen-bond acceptors (Lipinski definition) is 10. The lowest BCUT2D eigenvalue weighted by molar-refractivity contribution is -0.151. The minimum Gasteiger partial charge on any atom is -0.457 e. The lowest BCUT2D eigenvalue weighted by Crippen LogP contribution is -2.49. The Morgan fingerprint density at radius 3 is 2.14 bits per heavy atom. The number of carbonyl (C=O) groups is 4. The van der Waals surface area contributed by atoms with Gasteiger partial charge in [-0.3, -0.25) is 29.1 Å². The standard InChI is InChI=1S/C31H31N5O7/c1-21(37)41-19-30(39)35-15-13-34(14-16-35)18-25-6-3-24-17-27(9-10-28(24)33-25)43-26-7-4-23(5-8-26)29-11-12-32-36(29)31(40)20-42-22(2)38/h3-12,17H,13-16,18-20H2,1-2H3. The first kappa shape index (κ1) is 29.4. The minimum absolute atomic E-state index is 0.176. The van der Waals surface area contributed by atoms with Crippen molar-refractivity contribution in [2.24, 2.45) is 0 Å². The van der Waals surface area contributed by atoms with E-state index in [9.17, 15) is 19.2 Å². The summed E-state index contributed by atoms with van der Waals surface area (Å²) >= 11 is 0. The number of carbonyl (C=O) groups excluding carboxylic acids is 4. The minimum atomic E-state index is -0.534. The maximum absolute atomic E-state index is 12.4. The molecule has 0 saturated carbocycles. The van der Waals surface area contributed by atoms with Crippen molar-refractivity contribution in [3.63, 3.8) is 0 Å². The van der Waals surface area contributed by atoms with Crippen LogP contribution < -0.4 is 4.74 Å². The number of fused-ring (bicyclic) bond motifs is 1. The van der Waals surface area contributed by atoms with Gasteiger partial charge < -0.3 is 19.1 Å². The third-order valence-electron chi connectivity index (χ3n) is 6.89. The lowest BCUT2D eigenvalue weighted by Gasteiger charge is -2.34. The summed E-state index contributed by atoms with van der Waals surface area (Å²) in [5, 5.41) is 5.00. The normalized spacial score (nSPS) is 13.5. The Bertz CT molecular complexity index is 1640. The van der Waals surface area contributed by atoms with Gasteiger partial charge >= 0.3 is 11.9 Å². The lowest BCUT2D eigenvalue weighted by atomic mass is 10.1. The number of esters is 2. The second-order valence-electron chi connectivity index (χ2n) is 10.0. The first-order valence-corrected chi connectivity index (χ1v) is 13.8. The van der Waals surface area contributed by atoms with Gasteiger partial charge in [0.25, 0.3) is 11.8 Å². The van der Waals surface area contributed by atoms with Crippen LogP contribution in [0.4, 0.5) is 0 Å². The van der Waals surface area contributed by atoms with Gasteiger partial charge in [0.15, 0.2) is 13.2 Å². The zero-order chi connectivity index (χ0) is 30.3. The monoisotopic (exact) mass is 585 g/mol. The molecule has 43 heavy (non-hydrogen) atoms. The molecular formula is C31H31N5O7. The van der Waals surface area contributed by atoms with Gasteiger partial charge in [-0.1, -0.05) is 6.07 Å². The SMILES string of the molecule is CC(=O)OCC(=O)N1CCN(Cc2ccc3cc(Oc4ccc(-c5ccnn5C(=O)COC(C)=O)cc4)ccc3n2)CC1. The number of ether oxygens (including phenoxy) is 3. The average Bonchev–Trinajstić information content (AvgIpc) is 3.50. The molecule has 0 aliphatic carbocycles. The summed E-state index contributed by atoms with van der Waals surface area (Å²) < 4.78 is 16.9. The van der Waals surface area contributed by atoms with E-state index < -0.39 is 17.8 Å². The Morgan fingerprint density at radius 1 is 0.767 bits per heavy atom. The molecule has 3 heterocycles. The van der Waals surface area contributed by atoms with Gasteiger partial charge in [-0.15, -0.1) is 0 Å². The van der Waals surface area contributed by atoms with E-state index >= 15 is 0 Å². The summed E-state index contributed by atoms with van der Waals surface area (Å²) in [6.07, 6.45) is 1.51. The van der Waals surface area contributed by atoms with Crippen LogP contribution in [0.3, 0.4) is 0 Å². The molecule has 2 aromatic carbocycles. The molecule has 4 aromatic rings. The van der Waals surface area contributed by atoms with Gasteiger partial charge in [0, 0.05) is 57.5 Å². The second kappa shape index (κ2) is 13.3. The number of rotatable bonds is 9. The van der Waals surface area contributed by atoms with E-state index in [0.29, 0.717) is 49.9 Å². The summed E-state index contributed by atoms with van der Waals surface area (Å²) in [5.74, 6) is -0.340. The smallest absolute Gasteiger partial charge is 0.303 e. The van der Waals surface area contributed by atoms with E-state index in [2.05, 4.69) is 10.00 Å². The average molecular weight is 586 g/mol. The molecule has 12 heteroatoms. The quantitative estimate of drug-likeness (QED) is 0.270. The van der Waals surface area contributed by atoms with E-state index in [1.54, 1.807) is 23.1 Å². The Kier molecular flexibility index (Phi) is 9.06. The van der Waals surface area contributed by atoms with Crippen molar-refractivity contribution in [3.05, 3.63) is 72.6 Å². The molecule has 222 valence electrons. The molecule has 2 aromatic heterocycles. The van der Waals surface area contributed by atoms with Crippen LogP contribution in [0.15, 0.2) is 66.9 Å². The molecule has 1 aliphatic rings. The third kappa shape index (κ3) is 7.60. The number of piperazine rings is 1. The zero-order valence-corrected chi connectivity index (χ0v) is 23.9. The van der Waals surface area contributed by atoms with Crippen LogP contribution in [0.5, 0.6) is 11.5 Å². The van der Waals surface area contributed by atoms with Crippen molar-refractivity contribution in [2.75, 3.05) is 39.4 Å². The Morgan fingerprint density at radius 2 is 1.44 bits per heavy atom. The highest BCUT2D eigenvalue weighted by Crippen LogP contribution is 2.28. The summed E-state index contributed by atoms with van der Waals surface area (Å²) in [5.41, 5.74) is 3.11. The number of amides is 1. The Hall–Kier alpha value is -5.10. The van der Waals surface area contributed by atoms with Crippen LogP contribution in [0.1, 0.15) is 24.3 Å². The molecule has 1 aliphatic heterocycles. The van der Waals surface area contributed by atoms with E-state index in [-0.39, 0.29) is 19.1 Å². The summed E-state index contributed by atoms with van der Waals surface area (Å²) in [6, 6.07) is 18.7. The van der Waals surface area contributed by atoms with Crippen LogP contribution in [0.25, 0.3) is 22.2 Å². The van der Waals surface area contributed by atoms with Crippen LogP contribution in [0.2, 0.25) is 0 Å². The maximum Gasteiger partial charge on any atom is 0.303 e. The summed E-state index contributed by atoms with van der Waals surface area (Å²) in [4.78, 5) is 55.3. The molecular weight excluding hydrogens is 554 g/mol. The van der Waals surface area contributed by atoms with E-state index in [1.807, 2.05) is 42.5 Å². The number of benzene rings is 2.